The number of hydrogen-bond acceptors (Lipinski definition) is 6. The minimum atomic E-state index is -0.0162. The molecule has 0 radical (unpaired) electrons. The van der Waals surface area contributed by atoms with Crippen LogP contribution in [-0.4, -0.2) is 63.4 Å². The van der Waals surface area contributed by atoms with E-state index in [9.17, 15) is 4.79 Å². The van der Waals surface area contributed by atoms with Crippen molar-refractivity contribution in [2.24, 2.45) is 0 Å². The molecular weight excluding hydrogens is 386 g/mol. The summed E-state index contributed by atoms with van der Waals surface area (Å²) in [4.78, 5) is 26.8. The van der Waals surface area contributed by atoms with Gasteiger partial charge in [0.15, 0.2) is 5.69 Å². The molecule has 7 nitrogen and oxygen atoms in total. The molecule has 1 atom stereocenters. The van der Waals surface area contributed by atoms with E-state index in [2.05, 4.69) is 33.6 Å². The summed E-state index contributed by atoms with van der Waals surface area (Å²) in [5.41, 5.74) is 4.39. The van der Waals surface area contributed by atoms with Crippen LogP contribution < -0.4 is 0 Å². The first-order valence-corrected chi connectivity index (χ1v) is 10.8. The van der Waals surface area contributed by atoms with Crippen molar-refractivity contribution in [3.63, 3.8) is 0 Å². The van der Waals surface area contributed by atoms with Crippen LogP contribution in [0.2, 0.25) is 0 Å². The molecule has 0 N–H and O–H groups in total. The number of carbonyl (C=O) groups excluding carboxylic acids is 1. The average Bonchev–Trinajstić information content (AvgIpc) is 3.32. The van der Waals surface area contributed by atoms with E-state index in [-0.39, 0.29) is 11.9 Å². The van der Waals surface area contributed by atoms with Crippen molar-refractivity contribution >= 4 is 22.9 Å². The summed E-state index contributed by atoms with van der Waals surface area (Å²) in [6.07, 6.45) is 1.99. The molecule has 3 aromatic rings. The van der Waals surface area contributed by atoms with Gasteiger partial charge in [-0.05, 0) is 39.4 Å². The summed E-state index contributed by atoms with van der Waals surface area (Å²) < 4.78 is 7.46. The molecule has 1 fully saturated rings. The summed E-state index contributed by atoms with van der Waals surface area (Å²) >= 11 is 1.67. The number of nitrogens with zero attached hydrogens (tertiary/aromatic N) is 5. The van der Waals surface area contributed by atoms with Gasteiger partial charge in [-0.25, -0.2) is 9.97 Å². The van der Waals surface area contributed by atoms with Crippen LogP contribution in [0.15, 0.2) is 23.7 Å². The molecule has 0 aliphatic carbocycles. The average molecular weight is 414 g/mol. The molecule has 1 amide bonds. The second-order valence-corrected chi connectivity index (χ2v) is 8.50. The van der Waals surface area contributed by atoms with Crippen LogP contribution in [0.3, 0.4) is 0 Å². The Balaban J connectivity index is 1.69. The number of aryl methyl sites for hydroxylation is 2. The zero-order chi connectivity index (χ0) is 20.5. The van der Waals surface area contributed by atoms with Gasteiger partial charge in [0.1, 0.15) is 10.7 Å². The minimum absolute atomic E-state index is 0.0162. The Kier molecular flexibility index (Phi) is 5.67. The molecule has 4 rings (SSSR count). The van der Waals surface area contributed by atoms with E-state index in [1.54, 1.807) is 11.3 Å². The van der Waals surface area contributed by atoms with Gasteiger partial charge in [0, 0.05) is 36.9 Å². The smallest absolute Gasteiger partial charge is 0.274 e. The molecule has 154 valence electrons. The van der Waals surface area contributed by atoms with Gasteiger partial charge in [0.2, 0.25) is 0 Å². The Labute approximate surface area is 174 Å². The Bertz CT molecular complexity index is 1020. The van der Waals surface area contributed by atoms with Crippen molar-refractivity contribution in [1.82, 2.24) is 24.2 Å². The van der Waals surface area contributed by atoms with Crippen LogP contribution >= 0.6 is 11.3 Å². The predicted molar refractivity (Wildman–Crippen MR) is 113 cm³/mol. The van der Waals surface area contributed by atoms with Crippen LogP contribution in [0.4, 0.5) is 0 Å². The molecule has 0 unspecified atom stereocenters. The fourth-order valence-electron chi connectivity index (χ4n) is 3.62. The first-order chi connectivity index (χ1) is 14.0. The monoisotopic (exact) mass is 413 g/mol. The summed E-state index contributed by atoms with van der Waals surface area (Å²) in [5.74, 6) is -0.0162. The largest absolute Gasteiger partial charge is 0.378 e. The Hall–Kier alpha value is -2.29. The highest BCUT2D eigenvalue weighted by atomic mass is 32.1. The lowest BCUT2D eigenvalue weighted by atomic mass is 10.2. The van der Waals surface area contributed by atoms with Crippen molar-refractivity contribution in [2.45, 2.75) is 33.4 Å². The van der Waals surface area contributed by atoms with Crippen LogP contribution in [0, 0.1) is 13.8 Å². The number of rotatable bonds is 5. The molecule has 0 bridgehead atoms. The SMILES string of the molecule is Cc1csc([C@H](C)N(C)Cc2c(C(=O)N3CCOCC3)nc3c(C)cccn23)n1. The lowest BCUT2D eigenvalue weighted by Gasteiger charge is -2.27. The Morgan fingerprint density at radius 2 is 2.07 bits per heavy atom. The first-order valence-electron chi connectivity index (χ1n) is 9.91. The maximum absolute atomic E-state index is 13.3. The highest BCUT2D eigenvalue weighted by Gasteiger charge is 2.27. The van der Waals surface area contributed by atoms with Gasteiger partial charge < -0.3 is 14.0 Å². The molecule has 1 aliphatic heterocycles. The normalized spacial score (nSPS) is 16.0. The second-order valence-electron chi connectivity index (χ2n) is 7.61. The first kappa shape index (κ1) is 20.0. The van der Waals surface area contributed by atoms with Crippen molar-refractivity contribution < 1.29 is 9.53 Å². The Morgan fingerprint density at radius 1 is 1.31 bits per heavy atom. The minimum Gasteiger partial charge on any atom is -0.378 e. The van der Waals surface area contributed by atoms with Gasteiger partial charge in [0.25, 0.3) is 5.91 Å². The van der Waals surface area contributed by atoms with Crippen LogP contribution in [-0.2, 0) is 11.3 Å². The van der Waals surface area contributed by atoms with Gasteiger partial charge in [0.05, 0.1) is 24.9 Å². The molecule has 0 saturated carbocycles. The van der Waals surface area contributed by atoms with E-state index in [0.29, 0.717) is 38.5 Å². The van der Waals surface area contributed by atoms with E-state index in [4.69, 9.17) is 9.72 Å². The molecule has 0 spiro atoms. The van der Waals surface area contributed by atoms with Gasteiger partial charge in [-0.1, -0.05) is 6.07 Å². The zero-order valence-electron chi connectivity index (χ0n) is 17.4. The maximum atomic E-state index is 13.3. The van der Waals surface area contributed by atoms with Crippen molar-refractivity contribution in [3.8, 4) is 0 Å². The molecule has 1 saturated heterocycles. The standard InChI is InChI=1S/C21H27N5O2S/c1-14-6-5-7-26-17(12-24(4)16(3)20-22-15(2)13-29-20)18(23-19(14)26)21(27)25-8-10-28-11-9-25/h5-7,13,16H,8-12H2,1-4H3/t16-/m0/s1. The van der Waals surface area contributed by atoms with Crippen LogP contribution in [0.25, 0.3) is 5.65 Å². The third-order valence-corrected chi connectivity index (χ3v) is 6.63. The topological polar surface area (TPSA) is 63.0 Å². The number of ether oxygens (including phenoxy) is 1. The number of aromatic nitrogens is 3. The number of pyridine rings is 1. The number of imidazole rings is 1. The van der Waals surface area contributed by atoms with Crippen molar-refractivity contribution in [1.29, 1.82) is 0 Å². The molecule has 4 heterocycles. The second kappa shape index (κ2) is 8.22. The Morgan fingerprint density at radius 3 is 2.76 bits per heavy atom. The summed E-state index contributed by atoms with van der Waals surface area (Å²) in [6, 6.07) is 4.18. The van der Waals surface area contributed by atoms with E-state index >= 15 is 0 Å². The maximum Gasteiger partial charge on any atom is 0.274 e. The van der Waals surface area contributed by atoms with Crippen LogP contribution in [0.1, 0.15) is 45.4 Å². The number of morpholine rings is 1. The highest BCUT2D eigenvalue weighted by Crippen LogP contribution is 2.26. The van der Waals surface area contributed by atoms with E-state index in [1.165, 1.54) is 0 Å². The lowest BCUT2D eigenvalue weighted by Crippen LogP contribution is -2.41. The molecular formula is C21H27N5O2S. The molecule has 29 heavy (non-hydrogen) atoms. The summed E-state index contributed by atoms with van der Waals surface area (Å²) in [7, 11) is 2.07. The number of carbonyl (C=O) groups is 1. The fraction of sp³-hybridized carbons (Fsp3) is 0.476. The third-order valence-electron chi connectivity index (χ3n) is 5.50. The van der Waals surface area contributed by atoms with E-state index in [0.717, 1.165) is 27.6 Å². The number of hydrogen-bond donors (Lipinski definition) is 0. The zero-order valence-corrected chi connectivity index (χ0v) is 18.2. The van der Waals surface area contributed by atoms with E-state index < -0.39 is 0 Å². The number of fused-ring (bicyclic) bond motifs is 1. The van der Waals surface area contributed by atoms with Gasteiger partial charge >= 0.3 is 0 Å². The lowest BCUT2D eigenvalue weighted by molar-refractivity contribution is 0.0298. The predicted octanol–water partition coefficient (Wildman–Crippen LogP) is 3.07. The summed E-state index contributed by atoms with van der Waals surface area (Å²) in [6.45, 7) is 9.16. The summed E-state index contributed by atoms with van der Waals surface area (Å²) in [5, 5.41) is 3.15. The number of thiazole rings is 1. The fourth-order valence-corrected chi connectivity index (χ4v) is 4.53. The molecule has 3 aromatic heterocycles. The van der Waals surface area contributed by atoms with Gasteiger partial charge in [-0.3, -0.25) is 9.69 Å². The van der Waals surface area contributed by atoms with Crippen molar-refractivity contribution in [2.75, 3.05) is 33.4 Å². The quantitative estimate of drug-likeness (QED) is 0.643. The molecule has 1 aliphatic rings. The third kappa shape index (κ3) is 3.92. The molecule has 0 aromatic carbocycles. The van der Waals surface area contributed by atoms with Gasteiger partial charge in [-0.15, -0.1) is 11.3 Å². The highest BCUT2D eigenvalue weighted by molar-refractivity contribution is 7.09. The van der Waals surface area contributed by atoms with Crippen molar-refractivity contribution in [3.05, 3.63) is 51.4 Å². The van der Waals surface area contributed by atoms with Gasteiger partial charge in [-0.2, -0.15) is 0 Å². The number of amides is 1. The van der Waals surface area contributed by atoms with Crippen LogP contribution in [0.5, 0.6) is 0 Å². The van der Waals surface area contributed by atoms with E-state index in [1.807, 2.05) is 37.1 Å². The molecule has 8 heteroatoms.